The Balaban J connectivity index is 2.85. The number of rotatable bonds is 16. The normalized spacial score (nSPS) is 27.6. The molecule has 304 valence electrons. The maximum Gasteiger partial charge on any atom is 0.714 e. The number of nitrogens with one attached hydrogen (secondary N) is 8. The van der Waals surface area contributed by atoms with Crippen molar-refractivity contribution in [3.05, 3.63) is 167 Å². The molecule has 0 aliphatic carbocycles. The van der Waals surface area contributed by atoms with Gasteiger partial charge in [-0.15, -0.1) is 21.7 Å². The molecule has 0 spiro atoms. The van der Waals surface area contributed by atoms with E-state index in [0.717, 1.165) is 43.4 Å². The van der Waals surface area contributed by atoms with Gasteiger partial charge < -0.3 is 40.5 Å². The Bertz CT molecular complexity index is 1940. The van der Waals surface area contributed by atoms with Crippen LogP contribution in [0.3, 0.4) is 0 Å². The molecule has 8 N–H and O–H groups in total. The summed E-state index contributed by atoms with van der Waals surface area (Å²) in [4.78, 5) is 126. The van der Waals surface area contributed by atoms with Gasteiger partial charge in [0.05, 0.1) is 19.7 Å². The molecular weight excluding hydrogens is 835 g/mol. The van der Waals surface area contributed by atoms with Crippen molar-refractivity contribution in [2.75, 3.05) is 0 Å². The van der Waals surface area contributed by atoms with Gasteiger partial charge >= 0.3 is 59.1 Å². The molecule has 0 amide bonds. The third kappa shape index (κ3) is 4.48. The number of hydrogen-bond acceptors (Lipinski definition) is 32. The predicted molar refractivity (Wildman–Crippen MR) is 154 cm³/mol. The van der Waals surface area contributed by atoms with Crippen LogP contribution >= 0.6 is 0 Å². The van der Waals surface area contributed by atoms with Gasteiger partial charge in [0.15, 0.2) is 0 Å². The van der Waals surface area contributed by atoms with E-state index in [4.69, 9.17) is 0 Å². The van der Waals surface area contributed by atoms with Crippen LogP contribution in [-0.4, -0.2) is 90.3 Å². The number of nitrogens with zero attached hydrogens (tertiary/aromatic N) is 12. The summed E-state index contributed by atoms with van der Waals surface area (Å²) in [7, 11) is 0. The van der Waals surface area contributed by atoms with Gasteiger partial charge in [-0.25, -0.2) is 0 Å². The highest BCUT2D eigenvalue weighted by Crippen LogP contribution is 2.60. The molecule has 0 saturated heterocycles. The van der Waals surface area contributed by atoms with Crippen molar-refractivity contribution in [2.24, 2.45) is 0 Å². The molecule has 0 saturated carbocycles. The minimum absolute atomic E-state index is 0.859. The summed E-state index contributed by atoms with van der Waals surface area (Å²) in [5, 5.41) is 155. The van der Waals surface area contributed by atoms with Crippen molar-refractivity contribution in [1.29, 1.82) is 0 Å². The Labute approximate surface area is 301 Å². The highest BCUT2D eigenvalue weighted by molar-refractivity contribution is 6.91. The minimum Gasteiger partial charge on any atom is -0.358 e. The van der Waals surface area contributed by atoms with E-state index in [2.05, 4.69) is 0 Å². The molecule has 4 unspecified atom stereocenters. The highest BCUT2D eigenvalue weighted by atomic mass is 27.2. The predicted octanol–water partition coefficient (Wildman–Crippen LogP) is -7.19. The lowest BCUT2D eigenvalue weighted by molar-refractivity contribution is -0.643. The Kier molecular flexibility index (Phi) is 9.18. The fraction of sp³-hybridized carbons (Fsp3) is 0.333. The quantitative estimate of drug-likeness (QED) is 0.0406. The van der Waals surface area contributed by atoms with Crippen LogP contribution in [0.1, 0.15) is 0 Å². The lowest BCUT2D eigenvalue weighted by atomic mass is 10.3. The van der Waals surface area contributed by atoms with Gasteiger partial charge in [0.1, 0.15) is 0 Å². The molecule has 4 rings (SSSR count). The molecule has 0 fully saturated rings. The summed E-state index contributed by atoms with van der Waals surface area (Å²) < 4.78 is -23.2. The maximum atomic E-state index is 13.7. The van der Waals surface area contributed by atoms with E-state index in [1.165, 1.54) is 0 Å². The molecule has 4 aliphatic heterocycles. The van der Waals surface area contributed by atoms with Crippen molar-refractivity contribution in [3.63, 3.8) is 0 Å². The molecule has 0 aromatic carbocycles. The second kappa shape index (κ2) is 12.7. The summed E-state index contributed by atoms with van der Waals surface area (Å²) in [6.07, 6.45) is 0. The molecule has 4 heterocycles. The van der Waals surface area contributed by atoms with Crippen LogP contribution in [0.4, 0.5) is 0 Å². The van der Waals surface area contributed by atoms with Crippen LogP contribution in [0.2, 0.25) is 0 Å². The van der Waals surface area contributed by atoms with Gasteiger partial charge in [-0.05, 0) is 19.7 Å². The molecular formula is C12H8AlN20O24-. The molecule has 57 heavy (non-hydrogen) atoms. The summed E-state index contributed by atoms with van der Waals surface area (Å²) in [5.74, 6) is -10.5. The van der Waals surface area contributed by atoms with E-state index in [0.29, 0.717) is 0 Å². The first-order valence-electron chi connectivity index (χ1n) is 13.2. The largest absolute Gasteiger partial charge is 0.714 e. The Morgan fingerprint density at radius 1 is 0.298 bits per heavy atom. The third-order valence-corrected chi connectivity index (χ3v) is 16.5. The van der Waals surface area contributed by atoms with E-state index in [-0.39, 0.29) is 0 Å². The summed E-state index contributed by atoms with van der Waals surface area (Å²) in [5.41, 5.74) is -5.51. The lowest BCUT2D eigenvalue weighted by Gasteiger charge is -2.48. The van der Waals surface area contributed by atoms with Crippen LogP contribution in [0.25, 0.3) is 0 Å². The monoisotopic (exact) mass is 843 g/mol. The second-order valence-electron chi connectivity index (χ2n) is 10.8. The molecule has 44 nitrogen and oxygen atoms in total. The Morgan fingerprint density at radius 3 is 0.561 bits per heavy atom. The van der Waals surface area contributed by atoms with Gasteiger partial charge in [0, 0.05) is 19.7 Å². The van der Waals surface area contributed by atoms with Crippen molar-refractivity contribution in [3.8, 4) is 0 Å². The first-order valence-corrected chi connectivity index (χ1v) is 15.5. The van der Waals surface area contributed by atoms with Crippen molar-refractivity contribution >= 4 is 13.1 Å². The zero-order valence-corrected chi connectivity index (χ0v) is 26.9. The molecule has 45 heteroatoms. The van der Waals surface area contributed by atoms with Crippen molar-refractivity contribution in [1.82, 2.24) is 43.4 Å². The van der Waals surface area contributed by atoms with E-state index in [1.54, 1.807) is 0 Å². The van der Waals surface area contributed by atoms with E-state index < -0.39 is 136 Å². The molecule has 4 atom stereocenters. The summed E-state index contributed by atoms with van der Waals surface area (Å²) >= 11 is -10.1. The van der Waals surface area contributed by atoms with Crippen molar-refractivity contribution in [2.45, 2.75) is 18.1 Å². The number of hydrogen-bond donors (Lipinski definition) is 8. The molecule has 0 aromatic heterocycles. The zero-order chi connectivity index (χ0) is 43.7. The van der Waals surface area contributed by atoms with Crippen LogP contribution < -0.4 is 43.4 Å². The second-order valence-corrected chi connectivity index (χ2v) is 15.9. The molecule has 0 bridgehead atoms. The highest BCUT2D eigenvalue weighted by Gasteiger charge is 3.16. The average Bonchev–Trinajstić information content (AvgIpc) is 3.87. The van der Waals surface area contributed by atoms with Crippen LogP contribution in [0.15, 0.2) is 46.1 Å². The first-order chi connectivity index (χ1) is 26.2. The van der Waals surface area contributed by atoms with E-state index in [9.17, 15) is 121 Å². The van der Waals surface area contributed by atoms with Gasteiger partial charge in [-0.1, -0.05) is 0 Å². The average molecular weight is 843 g/mol. The fourth-order valence-corrected chi connectivity index (χ4v) is 16.1. The fourth-order valence-electron chi connectivity index (χ4n) is 7.47. The lowest BCUT2D eigenvalue weighted by Crippen LogP contribution is -3.04. The smallest absolute Gasteiger partial charge is 0.358 e. The zero-order valence-electron chi connectivity index (χ0n) is 25.7. The van der Waals surface area contributed by atoms with Crippen LogP contribution in [0.5, 0.6) is 0 Å². The summed E-state index contributed by atoms with van der Waals surface area (Å²) in [6.45, 7) is 0. The Morgan fingerprint density at radius 2 is 0.456 bits per heavy atom. The van der Waals surface area contributed by atoms with Crippen LogP contribution in [0, 0.1) is 121 Å². The third-order valence-electron chi connectivity index (χ3n) is 8.95. The van der Waals surface area contributed by atoms with E-state index in [1.807, 2.05) is 0 Å². The topological polar surface area (TPSA) is 614 Å². The van der Waals surface area contributed by atoms with Crippen LogP contribution in [-0.2, 0) is 0 Å². The number of nitro groups is 12. The van der Waals surface area contributed by atoms with E-state index >= 15 is 0 Å². The van der Waals surface area contributed by atoms with Gasteiger partial charge in [0.25, 0.3) is 18.1 Å². The molecule has 4 aliphatic rings. The van der Waals surface area contributed by atoms with Crippen molar-refractivity contribution < 1.29 is 59.1 Å². The first kappa shape index (κ1) is 41.1. The maximum absolute atomic E-state index is 13.7. The summed E-state index contributed by atoms with van der Waals surface area (Å²) in [6, 6.07) is 0. The molecule has 0 radical (unpaired) electrons. The van der Waals surface area contributed by atoms with Gasteiger partial charge in [0.2, 0.25) is 0 Å². The Hall–Kier alpha value is -8.67. The van der Waals surface area contributed by atoms with Gasteiger partial charge in [-0.3, -0.25) is 80.9 Å². The minimum atomic E-state index is -10.1. The SMILES string of the molecule is O=[N+]([O-])C1=C([N+](=O)[O-])[C]([N+](=O)[O-])([Al-]([C]2([N+](=O)[O-])NNC([N+](=O)[O-])=C2[N+](=O)[O-])([C]2([N+](=O)[O-])NNC([N+](=O)[O-])=C2[N+](=O)[O-])[C]2([N+](=O)[O-])NNC([N+](=O)[O-])=C2[N+](=O)[O-])NN1. The standard InChI is InChI=1S/4C3H2N5O6.Al/c4*9-6(10)1-2(7(11)12)4-5-3(1)8(13)14;/h4*4-5H;/q;;;;-1. The van der Waals surface area contributed by atoms with Gasteiger partial charge in [-0.2, -0.15) is 21.7 Å². The number of hydrazine groups is 4. The molecule has 0 aromatic rings.